The number of halogens is 1. The first kappa shape index (κ1) is 12.4. The van der Waals surface area contributed by atoms with E-state index in [2.05, 4.69) is 5.32 Å². The van der Waals surface area contributed by atoms with Gasteiger partial charge in [-0.1, -0.05) is 23.7 Å². The second-order valence-corrected chi connectivity index (χ2v) is 4.72. The van der Waals surface area contributed by atoms with Crippen LogP contribution in [0.3, 0.4) is 0 Å². The lowest BCUT2D eigenvalue weighted by atomic mass is 10.1. The summed E-state index contributed by atoms with van der Waals surface area (Å²) in [4.78, 5) is 11.6. The third-order valence-corrected chi connectivity index (χ3v) is 3.10. The van der Waals surface area contributed by atoms with Crippen LogP contribution in [0.25, 0.3) is 0 Å². The second kappa shape index (κ2) is 6.03. The van der Waals surface area contributed by atoms with E-state index < -0.39 is 0 Å². The molecule has 1 atom stereocenters. The summed E-state index contributed by atoms with van der Waals surface area (Å²) in [6.45, 7) is 1.30. The van der Waals surface area contributed by atoms with E-state index in [0.29, 0.717) is 24.1 Å². The Bertz CT molecular complexity index is 389. The van der Waals surface area contributed by atoms with E-state index in [1.54, 1.807) is 6.07 Å². The van der Waals surface area contributed by atoms with Crippen LogP contribution in [0.4, 0.5) is 0 Å². The summed E-state index contributed by atoms with van der Waals surface area (Å²) >= 11 is 5.85. The Balaban J connectivity index is 1.75. The van der Waals surface area contributed by atoms with Gasteiger partial charge in [0.2, 0.25) is 0 Å². The molecule has 0 amide bonds. The van der Waals surface area contributed by atoms with Gasteiger partial charge in [0.25, 0.3) is 0 Å². The van der Waals surface area contributed by atoms with Crippen molar-refractivity contribution in [3.63, 3.8) is 0 Å². The Kier molecular flexibility index (Phi) is 4.40. The number of carbonyl (C=O) groups is 1. The molecular weight excluding hydrogens is 238 g/mol. The highest BCUT2D eigenvalue weighted by molar-refractivity contribution is 6.30. The first-order chi connectivity index (χ1) is 8.24. The minimum absolute atomic E-state index is 0.149. The van der Waals surface area contributed by atoms with Crippen LogP contribution in [0.15, 0.2) is 24.3 Å². The summed E-state index contributed by atoms with van der Waals surface area (Å²) in [6, 6.07) is 7.65. The lowest BCUT2D eigenvalue weighted by Gasteiger charge is -2.09. The van der Waals surface area contributed by atoms with Crippen LogP contribution in [0, 0.1) is 0 Å². The first-order valence-corrected chi connectivity index (χ1v) is 6.25. The van der Waals surface area contributed by atoms with Crippen molar-refractivity contribution in [3.8, 4) is 0 Å². The quantitative estimate of drug-likeness (QED) is 0.838. The third kappa shape index (κ3) is 4.02. The molecule has 1 N–H and O–H groups in total. The monoisotopic (exact) mass is 253 g/mol. The van der Waals surface area contributed by atoms with Crippen molar-refractivity contribution in [2.45, 2.75) is 31.9 Å². The zero-order valence-electron chi connectivity index (χ0n) is 9.62. The molecule has 0 saturated carbocycles. The van der Waals surface area contributed by atoms with Gasteiger partial charge in [0, 0.05) is 11.1 Å². The van der Waals surface area contributed by atoms with E-state index in [4.69, 9.17) is 16.3 Å². The fourth-order valence-electron chi connectivity index (χ4n) is 1.98. The molecule has 0 aromatic heterocycles. The van der Waals surface area contributed by atoms with Crippen LogP contribution in [-0.4, -0.2) is 18.6 Å². The molecule has 4 heteroatoms. The van der Waals surface area contributed by atoms with Gasteiger partial charge in [-0.25, -0.2) is 0 Å². The van der Waals surface area contributed by atoms with Gasteiger partial charge < -0.3 is 10.1 Å². The first-order valence-electron chi connectivity index (χ1n) is 5.87. The van der Waals surface area contributed by atoms with Crippen molar-refractivity contribution in [1.82, 2.24) is 5.32 Å². The number of nitrogens with one attached hydrogen (secondary N) is 1. The zero-order chi connectivity index (χ0) is 12.1. The molecule has 1 aromatic carbocycles. The van der Waals surface area contributed by atoms with Gasteiger partial charge in [-0.3, -0.25) is 4.79 Å². The molecule has 92 valence electrons. The van der Waals surface area contributed by atoms with Gasteiger partial charge >= 0.3 is 5.97 Å². The normalized spacial score (nSPS) is 19.2. The maximum Gasteiger partial charge on any atom is 0.307 e. The summed E-state index contributed by atoms with van der Waals surface area (Å²) in [5.74, 6) is -0.149. The van der Waals surface area contributed by atoms with E-state index >= 15 is 0 Å². The van der Waals surface area contributed by atoms with Gasteiger partial charge in [0.1, 0.15) is 6.61 Å². The highest BCUT2D eigenvalue weighted by Gasteiger charge is 2.18. The predicted octanol–water partition coefficient (Wildman–Crippen LogP) is 2.53. The molecule has 17 heavy (non-hydrogen) atoms. The lowest BCUT2D eigenvalue weighted by Crippen LogP contribution is -2.25. The Morgan fingerprint density at radius 2 is 2.41 bits per heavy atom. The molecule has 1 fully saturated rings. The molecule has 1 heterocycles. The van der Waals surface area contributed by atoms with E-state index in [1.807, 2.05) is 18.2 Å². The largest absolute Gasteiger partial charge is 0.461 e. The van der Waals surface area contributed by atoms with Crippen molar-refractivity contribution in [2.75, 3.05) is 6.54 Å². The number of rotatable bonds is 4. The molecule has 1 aliphatic rings. The maximum absolute atomic E-state index is 11.6. The highest BCUT2D eigenvalue weighted by Crippen LogP contribution is 2.13. The average molecular weight is 254 g/mol. The minimum Gasteiger partial charge on any atom is -0.461 e. The molecule has 1 unspecified atom stereocenters. The van der Waals surface area contributed by atoms with E-state index in [9.17, 15) is 4.79 Å². The summed E-state index contributed by atoms with van der Waals surface area (Å²) < 4.78 is 5.21. The number of benzene rings is 1. The Morgan fingerprint density at radius 1 is 1.53 bits per heavy atom. The van der Waals surface area contributed by atoms with Gasteiger partial charge in [-0.2, -0.15) is 0 Å². The van der Waals surface area contributed by atoms with E-state index in [0.717, 1.165) is 24.9 Å². The predicted molar refractivity (Wildman–Crippen MR) is 66.9 cm³/mol. The summed E-state index contributed by atoms with van der Waals surface area (Å²) in [5, 5.41) is 3.94. The van der Waals surface area contributed by atoms with E-state index in [1.165, 1.54) is 0 Å². The molecule has 0 spiro atoms. The number of esters is 1. The molecule has 3 nitrogen and oxygen atoms in total. The Hall–Kier alpha value is -1.06. The van der Waals surface area contributed by atoms with E-state index in [-0.39, 0.29) is 5.97 Å². The fraction of sp³-hybridized carbons (Fsp3) is 0.462. The molecule has 0 aliphatic carbocycles. The maximum atomic E-state index is 11.6. The number of hydrogen-bond donors (Lipinski definition) is 1. The van der Waals surface area contributed by atoms with Crippen LogP contribution < -0.4 is 5.32 Å². The minimum atomic E-state index is -0.149. The zero-order valence-corrected chi connectivity index (χ0v) is 10.4. The van der Waals surface area contributed by atoms with Crippen molar-refractivity contribution in [3.05, 3.63) is 34.9 Å². The third-order valence-electron chi connectivity index (χ3n) is 2.86. The average Bonchev–Trinajstić information content (AvgIpc) is 2.79. The van der Waals surface area contributed by atoms with Crippen LogP contribution in [-0.2, 0) is 16.1 Å². The summed E-state index contributed by atoms with van der Waals surface area (Å²) in [5.41, 5.74) is 0.922. The molecule has 1 aliphatic heterocycles. The second-order valence-electron chi connectivity index (χ2n) is 4.29. The van der Waals surface area contributed by atoms with Gasteiger partial charge in [-0.05, 0) is 37.1 Å². The molecular formula is C13H16ClNO2. The van der Waals surface area contributed by atoms with Crippen molar-refractivity contribution < 1.29 is 9.53 Å². The molecule has 1 aromatic rings. The summed E-state index contributed by atoms with van der Waals surface area (Å²) in [7, 11) is 0. The SMILES string of the molecule is O=C(CC1CCCN1)OCc1cccc(Cl)c1. The number of ether oxygens (including phenoxy) is 1. The van der Waals surface area contributed by atoms with Crippen molar-refractivity contribution in [2.24, 2.45) is 0 Å². The Labute approximate surface area is 106 Å². The Morgan fingerprint density at radius 3 is 3.12 bits per heavy atom. The number of carbonyl (C=O) groups excluding carboxylic acids is 1. The molecule has 0 radical (unpaired) electrons. The van der Waals surface area contributed by atoms with Crippen molar-refractivity contribution >= 4 is 17.6 Å². The molecule has 1 saturated heterocycles. The van der Waals surface area contributed by atoms with Gasteiger partial charge in [-0.15, -0.1) is 0 Å². The van der Waals surface area contributed by atoms with Crippen LogP contribution in [0.1, 0.15) is 24.8 Å². The topological polar surface area (TPSA) is 38.3 Å². The lowest BCUT2D eigenvalue weighted by molar-refractivity contribution is -0.145. The highest BCUT2D eigenvalue weighted by atomic mass is 35.5. The van der Waals surface area contributed by atoms with Crippen LogP contribution in [0.5, 0.6) is 0 Å². The van der Waals surface area contributed by atoms with Crippen LogP contribution in [0.2, 0.25) is 5.02 Å². The van der Waals surface area contributed by atoms with Gasteiger partial charge in [0.15, 0.2) is 0 Å². The van der Waals surface area contributed by atoms with Crippen LogP contribution >= 0.6 is 11.6 Å². The number of hydrogen-bond acceptors (Lipinski definition) is 3. The van der Waals surface area contributed by atoms with Gasteiger partial charge in [0.05, 0.1) is 6.42 Å². The van der Waals surface area contributed by atoms with Crippen molar-refractivity contribution in [1.29, 1.82) is 0 Å². The standard InChI is InChI=1S/C13H16ClNO2/c14-11-4-1-3-10(7-11)9-17-13(16)8-12-5-2-6-15-12/h1,3-4,7,12,15H,2,5-6,8-9H2. The summed E-state index contributed by atoms with van der Waals surface area (Å²) in [6.07, 6.45) is 2.67. The fourth-order valence-corrected chi connectivity index (χ4v) is 2.19. The smallest absolute Gasteiger partial charge is 0.307 e. The molecule has 0 bridgehead atoms. The molecule has 2 rings (SSSR count).